The number of aryl methyl sites for hydroxylation is 2. The number of nitrogens with zero attached hydrogens (tertiary/aromatic N) is 11. The molecule has 0 aliphatic rings. The topological polar surface area (TPSA) is 215 Å². The van der Waals surface area contributed by atoms with Crippen LogP contribution in [0.25, 0.3) is 21.8 Å². The van der Waals surface area contributed by atoms with Gasteiger partial charge in [-0.25, -0.2) is 34.3 Å². The van der Waals surface area contributed by atoms with Gasteiger partial charge in [0.25, 0.3) is 0 Å². The van der Waals surface area contributed by atoms with Crippen molar-refractivity contribution in [3.05, 3.63) is 121 Å². The minimum Gasteiger partial charge on any atom is -0.444 e. The molecule has 2 aromatic carbocycles. The Kier molecular flexibility index (Phi) is 14.3. The molecule has 71 heavy (non-hydrogen) atoms. The van der Waals surface area contributed by atoms with Crippen LogP contribution >= 0.6 is 0 Å². The van der Waals surface area contributed by atoms with Crippen molar-refractivity contribution in [2.45, 2.75) is 51.8 Å². The number of hydrogen-bond donors (Lipinski definition) is 3. The number of ether oxygens (including phenoxy) is 3. The molecular weight excluding hydrogens is 947 g/mol. The molecule has 0 saturated carbocycles. The van der Waals surface area contributed by atoms with Gasteiger partial charge in [-0.1, -0.05) is 0 Å². The number of nitrogens with one attached hydrogen (secondary N) is 3. The van der Waals surface area contributed by atoms with Crippen LogP contribution in [0.15, 0.2) is 97.8 Å². The molecule has 8 aromatic rings. The highest BCUT2D eigenvalue weighted by atomic mass is 19.4. The molecular formula is C45H44F6N14O6. The maximum atomic E-state index is 13.0. The van der Waals surface area contributed by atoms with Gasteiger partial charge in [-0.2, -0.15) is 36.5 Å². The number of anilines is 2. The van der Waals surface area contributed by atoms with Crippen LogP contribution in [0.5, 0.6) is 23.3 Å². The van der Waals surface area contributed by atoms with Crippen LogP contribution in [0.2, 0.25) is 0 Å². The van der Waals surface area contributed by atoms with E-state index in [4.69, 9.17) is 14.2 Å². The zero-order valence-electron chi connectivity index (χ0n) is 38.8. The zero-order valence-corrected chi connectivity index (χ0v) is 38.8. The van der Waals surface area contributed by atoms with Gasteiger partial charge in [0.15, 0.2) is 11.6 Å². The Labute approximate surface area is 399 Å². The molecule has 26 heteroatoms. The van der Waals surface area contributed by atoms with Crippen LogP contribution in [0, 0.1) is 0 Å². The molecule has 0 saturated heterocycles. The quantitative estimate of drug-likeness (QED) is 0.109. The Morgan fingerprint density at radius 3 is 1.51 bits per heavy atom. The Balaban J connectivity index is 0.000000213. The van der Waals surface area contributed by atoms with Crippen LogP contribution < -0.4 is 25.4 Å². The van der Waals surface area contributed by atoms with E-state index in [1.54, 1.807) is 95.5 Å². The molecule has 3 N–H and O–H groups in total. The van der Waals surface area contributed by atoms with E-state index in [0.717, 1.165) is 31.9 Å². The highest BCUT2D eigenvalue weighted by molar-refractivity contribution is 5.99. The second-order valence-electron chi connectivity index (χ2n) is 16.5. The third kappa shape index (κ3) is 12.6. The van der Waals surface area contributed by atoms with Gasteiger partial charge in [0.1, 0.15) is 41.1 Å². The maximum absolute atomic E-state index is 13.0. The number of aromatic nitrogens is 10. The van der Waals surface area contributed by atoms with Crippen molar-refractivity contribution in [3.8, 4) is 23.3 Å². The number of fused-ring (bicyclic) bond motifs is 2. The molecule has 6 heterocycles. The van der Waals surface area contributed by atoms with Crippen LogP contribution in [0.3, 0.4) is 0 Å². The summed E-state index contributed by atoms with van der Waals surface area (Å²) in [6.45, 7) is 6.07. The average Bonchev–Trinajstić information content (AvgIpc) is 4.08. The lowest BCUT2D eigenvalue weighted by molar-refractivity contribution is -0.144. The number of benzene rings is 2. The predicted molar refractivity (Wildman–Crippen MR) is 244 cm³/mol. The van der Waals surface area contributed by atoms with Crippen molar-refractivity contribution in [1.29, 1.82) is 0 Å². The van der Waals surface area contributed by atoms with Gasteiger partial charge in [0.2, 0.25) is 11.8 Å². The summed E-state index contributed by atoms with van der Waals surface area (Å²) in [4.78, 5) is 55.4. The monoisotopic (exact) mass is 990 g/mol. The Morgan fingerprint density at radius 2 is 1.08 bits per heavy atom. The van der Waals surface area contributed by atoms with E-state index >= 15 is 0 Å². The van der Waals surface area contributed by atoms with Crippen molar-refractivity contribution in [1.82, 2.24) is 58.8 Å². The summed E-state index contributed by atoms with van der Waals surface area (Å²) < 4.78 is 98.7. The van der Waals surface area contributed by atoms with E-state index in [2.05, 4.69) is 46.1 Å². The largest absolute Gasteiger partial charge is 0.444 e. The number of hydrogen-bond acceptors (Lipinski definition) is 13. The van der Waals surface area contributed by atoms with Crippen LogP contribution in [-0.2, 0) is 44.3 Å². The lowest BCUT2D eigenvalue weighted by Gasteiger charge is -2.24. The Bertz CT molecular complexity index is 3230. The molecule has 20 nitrogen and oxygen atoms in total. The van der Waals surface area contributed by atoms with Crippen LogP contribution in [0.4, 0.5) is 52.4 Å². The van der Waals surface area contributed by atoms with Crippen molar-refractivity contribution >= 4 is 51.6 Å². The minimum absolute atomic E-state index is 0.172. The first-order chi connectivity index (χ1) is 33.4. The van der Waals surface area contributed by atoms with Gasteiger partial charge in [0.05, 0.1) is 29.0 Å². The number of amides is 3. The molecule has 372 valence electrons. The molecule has 0 aliphatic carbocycles. The molecule has 0 atom stereocenters. The third-order valence-electron chi connectivity index (χ3n) is 9.88. The van der Waals surface area contributed by atoms with Gasteiger partial charge >= 0.3 is 30.5 Å². The molecule has 0 bridgehead atoms. The van der Waals surface area contributed by atoms with Gasteiger partial charge in [-0.15, -0.1) is 0 Å². The number of halogens is 6. The predicted octanol–water partition coefficient (Wildman–Crippen LogP) is 9.20. The molecule has 8 rings (SSSR count). The van der Waals surface area contributed by atoms with Crippen LogP contribution in [0.1, 0.15) is 43.5 Å². The van der Waals surface area contributed by atoms with E-state index in [1.165, 1.54) is 39.1 Å². The number of alkyl halides is 6. The van der Waals surface area contributed by atoms with Crippen molar-refractivity contribution in [2.24, 2.45) is 14.1 Å². The molecule has 6 aromatic heterocycles. The lowest BCUT2D eigenvalue weighted by atomic mass is 10.2. The number of rotatable bonds is 10. The molecule has 0 spiro atoms. The fraction of sp³-hybridized carbons (Fsp3) is 0.267. The average molecular weight is 991 g/mol. The Hall–Kier alpha value is -8.55. The first-order valence-electron chi connectivity index (χ1n) is 21.1. The van der Waals surface area contributed by atoms with Crippen LogP contribution in [-0.4, -0.2) is 91.4 Å². The highest BCUT2D eigenvalue weighted by Gasteiger charge is 2.36. The summed E-state index contributed by atoms with van der Waals surface area (Å²) in [5.74, 6) is 1.11. The maximum Gasteiger partial charge on any atom is 0.433 e. The molecule has 3 amide bonds. The number of carbonyl (C=O) groups is 3. The lowest BCUT2D eigenvalue weighted by Crippen LogP contribution is -2.34. The first-order valence-corrected chi connectivity index (χ1v) is 21.1. The fourth-order valence-electron chi connectivity index (χ4n) is 6.77. The van der Waals surface area contributed by atoms with Gasteiger partial charge in [-0.3, -0.25) is 29.1 Å². The zero-order chi connectivity index (χ0) is 51.4. The SMILES string of the molecule is CN(Cc1cc(Oc2ccc3c(ccn3C(=O)Nc3cc(C(F)(F)F)n(C)n3)c2)ncn1)C(=O)OC(C)(C)C.CNCc1cc(Oc2ccc3c(ccn3C(=O)Nc3cc(C(F)(F)F)n(C)n3)c2)ncn1. The molecule has 0 unspecified atom stereocenters. The van der Waals surface area contributed by atoms with Gasteiger partial charge in [-0.05, 0) is 76.3 Å². The first kappa shape index (κ1) is 50.3. The smallest absolute Gasteiger partial charge is 0.433 e. The Morgan fingerprint density at radius 1 is 0.634 bits per heavy atom. The molecule has 0 radical (unpaired) electrons. The van der Waals surface area contributed by atoms with E-state index in [-0.39, 0.29) is 24.1 Å². The summed E-state index contributed by atoms with van der Waals surface area (Å²) >= 11 is 0. The summed E-state index contributed by atoms with van der Waals surface area (Å²) in [5.41, 5.74) is -0.242. The second-order valence-corrected chi connectivity index (χ2v) is 16.5. The number of carbonyl (C=O) groups excluding carboxylic acids is 3. The summed E-state index contributed by atoms with van der Waals surface area (Å²) in [6.07, 6.45) is -3.96. The highest BCUT2D eigenvalue weighted by Crippen LogP contribution is 2.33. The van der Waals surface area contributed by atoms with Crippen molar-refractivity contribution in [3.63, 3.8) is 0 Å². The fourth-order valence-corrected chi connectivity index (χ4v) is 6.77. The van der Waals surface area contributed by atoms with Gasteiger partial charge < -0.3 is 24.4 Å². The molecule has 0 fully saturated rings. The van der Waals surface area contributed by atoms with E-state index in [9.17, 15) is 40.7 Å². The van der Waals surface area contributed by atoms with Crippen molar-refractivity contribution in [2.75, 3.05) is 24.7 Å². The summed E-state index contributed by atoms with van der Waals surface area (Å²) in [7, 11) is 5.70. The minimum atomic E-state index is -4.60. The summed E-state index contributed by atoms with van der Waals surface area (Å²) in [5, 5.41) is 16.5. The summed E-state index contributed by atoms with van der Waals surface area (Å²) in [6, 6.07) is 16.8. The second kappa shape index (κ2) is 20.2. The van der Waals surface area contributed by atoms with E-state index < -0.39 is 47.5 Å². The van der Waals surface area contributed by atoms with E-state index in [1.807, 2.05) is 0 Å². The van der Waals surface area contributed by atoms with Crippen molar-refractivity contribution < 1.29 is 54.9 Å². The third-order valence-corrected chi connectivity index (χ3v) is 9.88. The van der Waals surface area contributed by atoms with Gasteiger partial charge in [0, 0.05) is 75.1 Å². The standard InChI is InChI=1S/C25H26F3N7O4.C20H18F3N7O2/c1-24(2,3)39-23(37)33(4)13-16-11-21(30-14-29-16)38-17-6-7-18-15(10-17)8-9-35(18)22(36)31-20-12-19(25(26,27)28)34(5)32-20;1-24-10-13-8-18(26-11-25-13)32-14-3-4-15-12(7-14)5-6-30(15)19(31)27-17-9-16(20(21,22)23)29(2)28-17/h6-12,14H,13H2,1-5H3,(H,31,32,36);3-9,11,24H,10H2,1-2H3,(H,27,28,31). The van der Waals surface area contributed by atoms with E-state index in [0.29, 0.717) is 60.8 Å². The normalized spacial score (nSPS) is 11.8. The molecule has 0 aliphatic heterocycles.